The summed E-state index contributed by atoms with van der Waals surface area (Å²) in [7, 11) is 0. The molecule has 3 heterocycles. The van der Waals surface area contributed by atoms with Gasteiger partial charge in [-0.25, -0.2) is 0 Å². The van der Waals surface area contributed by atoms with Crippen molar-refractivity contribution < 1.29 is 14.2 Å². The Labute approximate surface area is 131 Å². The second-order valence-corrected chi connectivity index (χ2v) is 9.17. The van der Waals surface area contributed by atoms with Crippen LogP contribution in [0.25, 0.3) is 0 Å². The molecule has 1 fully saturated rings. The molecule has 118 valence electrons. The monoisotopic (exact) mass is 310 g/mol. The van der Waals surface area contributed by atoms with Crippen LogP contribution in [-0.2, 0) is 15.6 Å². The fourth-order valence-electron chi connectivity index (χ4n) is 2.85. The van der Waals surface area contributed by atoms with Gasteiger partial charge in [0.2, 0.25) is 0 Å². The predicted molar refractivity (Wildman–Crippen MR) is 85.8 cm³/mol. The Hall–Kier alpha value is -0.740. The zero-order valence-corrected chi connectivity index (χ0v) is 14.8. The summed E-state index contributed by atoms with van der Waals surface area (Å²) in [5.74, 6) is 1.48. The SMILES string of the molecule is CC(C)(C)c1sc(C(C)(C)C)c2c1OC1(CCOCC1)O2. The van der Waals surface area contributed by atoms with Crippen molar-refractivity contribution in [3.05, 3.63) is 9.75 Å². The first-order valence-corrected chi connectivity index (χ1v) is 8.58. The summed E-state index contributed by atoms with van der Waals surface area (Å²) in [6.07, 6.45) is 1.61. The molecule has 0 aromatic carbocycles. The minimum atomic E-state index is -0.489. The molecule has 0 radical (unpaired) electrons. The Morgan fingerprint density at radius 3 is 1.62 bits per heavy atom. The van der Waals surface area contributed by atoms with E-state index in [1.807, 2.05) is 11.3 Å². The standard InChI is InChI=1S/C17H26O3S/c1-15(2,3)13-11-12(14(21-13)16(4,5)6)20-17(19-11)7-9-18-10-8-17/h7-10H2,1-6H3. The van der Waals surface area contributed by atoms with Crippen molar-refractivity contribution in [2.24, 2.45) is 0 Å². The molecule has 0 atom stereocenters. The quantitative estimate of drug-likeness (QED) is 0.700. The molecule has 0 aliphatic carbocycles. The van der Waals surface area contributed by atoms with E-state index in [-0.39, 0.29) is 10.8 Å². The molecule has 1 aromatic rings. The molecule has 0 amide bonds. The van der Waals surface area contributed by atoms with Gasteiger partial charge in [0.15, 0.2) is 11.5 Å². The highest BCUT2D eigenvalue weighted by molar-refractivity contribution is 7.13. The van der Waals surface area contributed by atoms with E-state index in [4.69, 9.17) is 14.2 Å². The maximum atomic E-state index is 6.38. The van der Waals surface area contributed by atoms with E-state index in [2.05, 4.69) is 41.5 Å². The Morgan fingerprint density at radius 1 is 0.810 bits per heavy atom. The fourth-order valence-corrected chi connectivity index (χ4v) is 4.12. The number of fused-ring (bicyclic) bond motifs is 1. The van der Waals surface area contributed by atoms with Gasteiger partial charge >= 0.3 is 0 Å². The van der Waals surface area contributed by atoms with Crippen molar-refractivity contribution in [3.8, 4) is 11.5 Å². The summed E-state index contributed by atoms with van der Waals surface area (Å²) in [5, 5.41) is 0. The summed E-state index contributed by atoms with van der Waals surface area (Å²) in [5.41, 5.74) is 0.136. The Morgan fingerprint density at radius 2 is 1.24 bits per heavy atom. The van der Waals surface area contributed by atoms with E-state index < -0.39 is 5.79 Å². The average molecular weight is 310 g/mol. The maximum absolute atomic E-state index is 6.38. The van der Waals surface area contributed by atoms with Crippen LogP contribution in [0.2, 0.25) is 0 Å². The summed E-state index contributed by atoms with van der Waals surface area (Å²) < 4.78 is 18.2. The normalized spacial score (nSPS) is 21.0. The lowest BCUT2D eigenvalue weighted by Crippen LogP contribution is -2.44. The van der Waals surface area contributed by atoms with Gasteiger partial charge in [-0.15, -0.1) is 11.3 Å². The zero-order chi connectivity index (χ0) is 15.5. The van der Waals surface area contributed by atoms with Crippen LogP contribution in [0.5, 0.6) is 11.5 Å². The summed E-state index contributed by atoms with van der Waals surface area (Å²) in [6, 6.07) is 0. The molecule has 0 bridgehead atoms. The van der Waals surface area contributed by atoms with Crippen molar-refractivity contribution in [3.63, 3.8) is 0 Å². The first kappa shape index (κ1) is 15.2. The Kier molecular flexibility index (Phi) is 3.34. The molecule has 0 unspecified atom stereocenters. The topological polar surface area (TPSA) is 27.7 Å². The number of thiophene rings is 1. The first-order valence-electron chi connectivity index (χ1n) is 7.76. The van der Waals surface area contributed by atoms with Gasteiger partial charge in [-0.2, -0.15) is 0 Å². The molecule has 1 spiro atoms. The molecule has 4 heteroatoms. The fraction of sp³-hybridized carbons (Fsp3) is 0.765. The largest absolute Gasteiger partial charge is 0.447 e. The minimum Gasteiger partial charge on any atom is -0.447 e. The van der Waals surface area contributed by atoms with Crippen LogP contribution in [0, 0.1) is 0 Å². The summed E-state index contributed by atoms with van der Waals surface area (Å²) in [6.45, 7) is 14.9. The van der Waals surface area contributed by atoms with Crippen LogP contribution in [-0.4, -0.2) is 19.0 Å². The van der Waals surface area contributed by atoms with Gasteiger partial charge in [0.1, 0.15) is 0 Å². The predicted octanol–water partition coefficient (Wildman–Crippen LogP) is 4.62. The van der Waals surface area contributed by atoms with Crippen molar-refractivity contribution in [1.29, 1.82) is 0 Å². The van der Waals surface area contributed by atoms with Crippen LogP contribution < -0.4 is 9.47 Å². The van der Waals surface area contributed by atoms with Gasteiger partial charge in [-0.05, 0) is 0 Å². The van der Waals surface area contributed by atoms with Crippen LogP contribution >= 0.6 is 11.3 Å². The Balaban J connectivity index is 2.07. The van der Waals surface area contributed by atoms with E-state index >= 15 is 0 Å². The van der Waals surface area contributed by atoms with E-state index in [1.165, 1.54) is 9.75 Å². The molecule has 0 saturated carbocycles. The van der Waals surface area contributed by atoms with Crippen LogP contribution in [0.3, 0.4) is 0 Å². The lowest BCUT2D eigenvalue weighted by molar-refractivity contribution is -0.144. The van der Waals surface area contributed by atoms with Gasteiger partial charge in [-0.3, -0.25) is 0 Å². The minimum absolute atomic E-state index is 0.0678. The van der Waals surface area contributed by atoms with Crippen LogP contribution in [0.15, 0.2) is 0 Å². The first-order chi connectivity index (χ1) is 9.62. The van der Waals surface area contributed by atoms with E-state index in [0.29, 0.717) is 13.2 Å². The molecule has 3 rings (SSSR count). The highest BCUT2D eigenvalue weighted by Crippen LogP contribution is 2.57. The van der Waals surface area contributed by atoms with Gasteiger partial charge in [0, 0.05) is 23.7 Å². The second-order valence-electron chi connectivity index (χ2n) is 8.15. The third-order valence-corrected chi connectivity index (χ3v) is 6.02. The highest BCUT2D eigenvalue weighted by Gasteiger charge is 2.48. The third kappa shape index (κ3) is 2.57. The van der Waals surface area contributed by atoms with E-state index in [9.17, 15) is 0 Å². The number of hydrogen-bond donors (Lipinski definition) is 0. The number of ether oxygens (including phenoxy) is 3. The van der Waals surface area contributed by atoms with E-state index in [1.54, 1.807) is 0 Å². The van der Waals surface area contributed by atoms with Gasteiger partial charge in [0.25, 0.3) is 5.79 Å². The van der Waals surface area contributed by atoms with Gasteiger partial charge < -0.3 is 14.2 Å². The van der Waals surface area contributed by atoms with E-state index in [0.717, 1.165) is 24.3 Å². The summed E-state index contributed by atoms with van der Waals surface area (Å²) in [4.78, 5) is 2.59. The molecule has 1 saturated heterocycles. The molecule has 0 N–H and O–H groups in total. The van der Waals surface area contributed by atoms with Gasteiger partial charge in [-0.1, -0.05) is 41.5 Å². The van der Waals surface area contributed by atoms with Crippen LogP contribution in [0.4, 0.5) is 0 Å². The second kappa shape index (κ2) is 4.63. The lowest BCUT2D eigenvalue weighted by Gasteiger charge is -2.32. The lowest BCUT2D eigenvalue weighted by atomic mass is 9.92. The highest BCUT2D eigenvalue weighted by atomic mass is 32.1. The molecular formula is C17H26O3S. The molecule has 21 heavy (non-hydrogen) atoms. The van der Waals surface area contributed by atoms with Crippen molar-refractivity contribution >= 4 is 11.3 Å². The molecular weight excluding hydrogens is 284 g/mol. The molecule has 2 aliphatic heterocycles. The number of hydrogen-bond acceptors (Lipinski definition) is 4. The van der Waals surface area contributed by atoms with Crippen molar-refractivity contribution in [2.75, 3.05) is 13.2 Å². The maximum Gasteiger partial charge on any atom is 0.256 e. The van der Waals surface area contributed by atoms with Crippen molar-refractivity contribution in [2.45, 2.75) is 71.0 Å². The third-order valence-electron chi connectivity index (χ3n) is 4.02. The summed E-state index contributed by atoms with van der Waals surface area (Å²) >= 11 is 1.84. The zero-order valence-electron chi connectivity index (χ0n) is 14.0. The van der Waals surface area contributed by atoms with Crippen molar-refractivity contribution in [1.82, 2.24) is 0 Å². The molecule has 1 aromatic heterocycles. The van der Waals surface area contributed by atoms with Crippen LogP contribution in [0.1, 0.15) is 64.1 Å². The molecule has 3 nitrogen and oxygen atoms in total. The molecule has 2 aliphatic rings. The Bertz CT molecular complexity index is 499. The smallest absolute Gasteiger partial charge is 0.256 e. The number of rotatable bonds is 0. The van der Waals surface area contributed by atoms with Gasteiger partial charge in [0.05, 0.1) is 23.0 Å². The average Bonchev–Trinajstić information content (AvgIpc) is 2.82.